The van der Waals surface area contributed by atoms with Crippen molar-refractivity contribution in [2.24, 2.45) is 23.7 Å². The van der Waals surface area contributed by atoms with Gasteiger partial charge in [0.15, 0.2) is 5.78 Å². The van der Waals surface area contributed by atoms with Crippen molar-refractivity contribution in [3.63, 3.8) is 0 Å². The molecule has 2 aliphatic rings. The Balaban J connectivity index is 1.78. The summed E-state index contributed by atoms with van der Waals surface area (Å²) in [6.45, 7) is 3.90. The van der Waals surface area contributed by atoms with Gasteiger partial charge >= 0.3 is 0 Å². The number of rotatable bonds is 7. The molecule has 0 heterocycles. The summed E-state index contributed by atoms with van der Waals surface area (Å²) in [6, 6.07) is 0. The standard InChI is InChI=1S/C19H31NO2/c1-3-13(2)19(20)18(22)11-10-17(21)16-9-8-14-6-4-5-7-15(14)12-16/h13-16,20H,3-12H2,1-2H3. The van der Waals surface area contributed by atoms with Crippen LogP contribution in [-0.4, -0.2) is 17.3 Å². The molecule has 2 aliphatic carbocycles. The molecule has 0 aromatic rings. The van der Waals surface area contributed by atoms with Crippen molar-refractivity contribution in [3.05, 3.63) is 0 Å². The van der Waals surface area contributed by atoms with Gasteiger partial charge in [-0.2, -0.15) is 0 Å². The normalized spacial score (nSPS) is 29.5. The van der Waals surface area contributed by atoms with E-state index >= 15 is 0 Å². The van der Waals surface area contributed by atoms with E-state index in [0.29, 0.717) is 6.42 Å². The fourth-order valence-electron chi connectivity index (χ4n) is 4.22. The number of carbonyl (C=O) groups is 2. The Bertz CT molecular complexity index is 429. The van der Waals surface area contributed by atoms with E-state index < -0.39 is 0 Å². The first kappa shape index (κ1) is 17.4. The van der Waals surface area contributed by atoms with Crippen molar-refractivity contribution in [2.75, 3.05) is 0 Å². The zero-order valence-electron chi connectivity index (χ0n) is 14.2. The van der Waals surface area contributed by atoms with E-state index in [4.69, 9.17) is 5.41 Å². The molecule has 124 valence electrons. The summed E-state index contributed by atoms with van der Waals surface area (Å²) in [4.78, 5) is 24.4. The molecule has 0 aliphatic heterocycles. The predicted molar refractivity (Wildman–Crippen MR) is 89.2 cm³/mol. The quantitative estimate of drug-likeness (QED) is 0.700. The monoisotopic (exact) mass is 305 g/mol. The number of nitrogens with one attached hydrogen (secondary N) is 1. The van der Waals surface area contributed by atoms with Crippen molar-refractivity contribution in [2.45, 2.75) is 78.1 Å². The van der Waals surface area contributed by atoms with Crippen molar-refractivity contribution >= 4 is 17.3 Å². The average Bonchev–Trinajstić information content (AvgIpc) is 2.57. The predicted octanol–water partition coefficient (Wildman–Crippen LogP) is 4.58. The lowest BCUT2D eigenvalue weighted by Crippen LogP contribution is -2.31. The Morgan fingerprint density at radius 3 is 2.41 bits per heavy atom. The van der Waals surface area contributed by atoms with Gasteiger partial charge < -0.3 is 5.41 Å². The SMILES string of the molecule is CCC(C)C(=N)C(=O)CCC(=O)C1CCC2CCCCC2C1. The van der Waals surface area contributed by atoms with Crippen LogP contribution in [0.15, 0.2) is 0 Å². The molecule has 0 spiro atoms. The Morgan fingerprint density at radius 2 is 1.73 bits per heavy atom. The number of carbonyl (C=O) groups excluding carboxylic acids is 2. The smallest absolute Gasteiger partial charge is 0.177 e. The van der Waals surface area contributed by atoms with Crippen LogP contribution in [-0.2, 0) is 9.59 Å². The molecule has 2 saturated carbocycles. The number of Topliss-reactive ketones (excluding diaryl/α,β-unsaturated/α-hetero) is 2. The third-order valence-electron chi connectivity index (χ3n) is 6.00. The highest BCUT2D eigenvalue weighted by molar-refractivity contribution is 6.39. The molecule has 0 amide bonds. The highest BCUT2D eigenvalue weighted by atomic mass is 16.1. The molecule has 3 nitrogen and oxygen atoms in total. The average molecular weight is 305 g/mol. The van der Waals surface area contributed by atoms with E-state index in [9.17, 15) is 9.59 Å². The second-order valence-corrected chi connectivity index (χ2v) is 7.43. The Morgan fingerprint density at radius 1 is 1.05 bits per heavy atom. The van der Waals surface area contributed by atoms with Crippen LogP contribution in [0.4, 0.5) is 0 Å². The summed E-state index contributed by atoms with van der Waals surface area (Å²) >= 11 is 0. The van der Waals surface area contributed by atoms with Gasteiger partial charge in [-0.3, -0.25) is 9.59 Å². The first-order valence-electron chi connectivity index (χ1n) is 9.17. The summed E-state index contributed by atoms with van der Waals surface area (Å²) in [6.07, 6.45) is 10.0. The van der Waals surface area contributed by atoms with Crippen LogP contribution in [0, 0.1) is 29.1 Å². The zero-order valence-corrected chi connectivity index (χ0v) is 14.2. The molecule has 0 saturated heterocycles. The molecule has 1 N–H and O–H groups in total. The highest BCUT2D eigenvalue weighted by Crippen LogP contribution is 2.43. The maximum absolute atomic E-state index is 12.4. The van der Waals surface area contributed by atoms with Gasteiger partial charge in [-0.1, -0.05) is 39.5 Å². The minimum absolute atomic E-state index is 0.0141. The van der Waals surface area contributed by atoms with E-state index in [1.807, 2.05) is 13.8 Å². The topological polar surface area (TPSA) is 58.0 Å². The Labute approximate surface area is 134 Å². The largest absolute Gasteiger partial charge is 0.301 e. The number of hydrogen-bond donors (Lipinski definition) is 1. The highest BCUT2D eigenvalue weighted by Gasteiger charge is 2.34. The van der Waals surface area contributed by atoms with Gasteiger partial charge in [0, 0.05) is 24.7 Å². The molecule has 4 unspecified atom stereocenters. The summed E-state index contributed by atoms with van der Waals surface area (Å²) in [7, 11) is 0. The van der Waals surface area contributed by atoms with Crippen molar-refractivity contribution in [1.82, 2.24) is 0 Å². The Hall–Kier alpha value is -0.990. The minimum atomic E-state index is -0.131. The number of fused-ring (bicyclic) bond motifs is 1. The lowest BCUT2D eigenvalue weighted by molar-refractivity contribution is -0.126. The van der Waals surface area contributed by atoms with E-state index in [-0.39, 0.29) is 35.5 Å². The van der Waals surface area contributed by atoms with Crippen molar-refractivity contribution < 1.29 is 9.59 Å². The van der Waals surface area contributed by atoms with Gasteiger partial charge in [0.05, 0.1) is 5.71 Å². The first-order valence-corrected chi connectivity index (χ1v) is 9.17. The molecular weight excluding hydrogens is 274 g/mol. The zero-order chi connectivity index (χ0) is 16.1. The maximum Gasteiger partial charge on any atom is 0.177 e. The van der Waals surface area contributed by atoms with E-state index in [2.05, 4.69) is 0 Å². The third-order valence-corrected chi connectivity index (χ3v) is 6.00. The van der Waals surface area contributed by atoms with Gasteiger partial charge in [-0.15, -0.1) is 0 Å². The molecule has 4 atom stereocenters. The molecule has 2 fully saturated rings. The van der Waals surface area contributed by atoms with E-state index in [1.165, 1.54) is 32.1 Å². The van der Waals surface area contributed by atoms with E-state index in [1.54, 1.807) is 0 Å². The van der Waals surface area contributed by atoms with Crippen molar-refractivity contribution in [1.29, 1.82) is 5.41 Å². The maximum atomic E-state index is 12.4. The number of hydrogen-bond acceptors (Lipinski definition) is 3. The van der Waals surface area contributed by atoms with Crippen LogP contribution in [0.5, 0.6) is 0 Å². The molecule has 0 aromatic carbocycles. The van der Waals surface area contributed by atoms with Gasteiger partial charge in [0.1, 0.15) is 5.78 Å². The van der Waals surface area contributed by atoms with Gasteiger partial charge in [-0.25, -0.2) is 0 Å². The van der Waals surface area contributed by atoms with Crippen LogP contribution in [0.1, 0.15) is 78.1 Å². The molecule has 0 radical (unpaired) electrons. The fraction of sp³-hybridized carbons (Fsp3) is 0.842. The summed E-state index contributed by atoms with van der Waals surface area (Å²) in [5, 5.41) is 7.85. The molecular formula is C19H31NO2. The first-order chi connectivity index (χ1) is 10.5. The van der Waals surface area contributed by atoms with Crippen molar-refractivity contribution in [3.8, 4) is 0 Å². The summed E-state index contributed by atoms with van der Waals surface area (Å²) in [5.41, 5.74) is 0.200. The van der Waals surface area contributed by atoms with Crippen LogP contribution in [0.2, 0.25) is 0 Å². The summed E-state index contributed by atoms with van der Waals surface area (Å²) < 4.78 is 0. The van der Waals surface area contributed by atoms with Gasteiger partial charge in [-0.05, 0) is 37.5 Å². The van der Waals surface area contributed by atoms with Crippen LogP contribution in [0.25, 0.3) is 0 Å². The van der Waals surface area contributed by atoms with Crippen LogP contribution >= 0.6 is 0 Å². The molecule has 0 aromatic heterocycles. The lowest BCUT2D eigenvalue weighted by Gasteiger charge is -2.38. The van der Waals surface area contributed by atoms with E-state index in [0.717, 1.165) is 31.1 Å². The second kappa shape index (κ2) is 8.03. The fourth-order valence-corrected chi connectivity index (χ4v) is 4.22. The van der Waals surface area contributed by atoms with Crippen LogP contribution in [0.3, 0.4) is 0 Å². The minimum Gasteiger partial charge on any atom is -0.301 e. The van der Waals surface area contributed by atoms with Gasteiger partial charge in [0.25, 0.3) is 0 Å². The molecule has 3 heteroatoms. The Kier molecular flexibility index (Phi) is 6.34. The van der Waals surface area contributed by atoms with Gasteiger partial charge in [0.2, 0.25) is 0 Å². The van der Waals surface area contributed by atoms with Crippen LogP contribution < -0.4 is 0 Å². The third kappa shape index (κ3) is 4.27. The molecule has 0 bridgehead atoms. The summed E-state index contributed by atoms with van der Waals surface area (Å²) in [5.74, 6) is 1.96. The molecule has 2 rings (SSSR count). The lowest BCUT2D eigenvalue weighted by atomic mass is 9.66. The second-order valence-electron chi connectivity index (χ2n) is 7.43. The number of ketones is 2. The molecule has 22 heavy (non-hydrogen) atoms.